The number of hydrogen-bond acceptors (Lipinski definition) is 4. The van der Waals surface area contributed by atoms with E-state index in [1.807, 2.05) is 13.8 Å². The van der Waals surface area contributed by atoms with Gasteiger partial charge in [-0.1, -0.05) is 39.3 Å². The van der Waals surface area contributed by atoms with Crippen LogP contribution in [0, 0.1) is 0 Å². The molecule has 0 saturated heterocycles. The van der Waals surface area contributed by atoms with Crippen molar-refractivity contribution in [2.45, 2.75) is 58.3 Å². The molecule has 0 bridgehead atoms. The molecule has 0 heterocycles. The zero-order valence-electron chi connectivity index (χ0n) is 16.8. The summed E-state index contributed by atoms with van der Waals surface area (Å²) in [5.41, 5.74) is -0.0964. The third kappa shape index (κ3) is 9.06. The van der Waals surface area contributed by atoms with Crippen LogP contribution in [0.15, 0.2) is 23.1 Å². The van der Waals surface area contributed by atoms with E-state index in [0.717, 1.165) is 6.07 Å². The van der Waals surface area contributed by atoms with Crippen molar-refractivity contribution in [1.82, 2.24) is 9.62 Å². The fourth-order valence-corrected chi connectivity index (χ4v) is 4.43. The number of nitrogens with zero attached hydrogens (tertiary/aromatic N) is 1. The number of aromatic carboxylic acids is 1. The van der Waals surface area contributed by atoms with Crippen LogP contribution in [0.3, 0.4) is 0 Å². The lowest BCUT2D eigenvalue weighted by molar-refractivity contribution is 0.0696. The predicted octanol–water partition coefficient (Wildman–Crippen LogP) is 4.24. The molecule has 156 valence electrons. The van der Waals surface area contributed by atoms with E-state index >= 15 is 0 Å². The van der Waals surface area contributed by atoms with E-state index in [4.69, 9.17) is 16.7 Å². The van der Waals surface area contributed by atoms with Gasteiger partial charge in [-0.2, -0.15) is 4.31 Å². The lowest BCUT2D eigenvalue weighted by Gasteiger charge is -2.21. The molecule has 1 rings (SSSR count). The van der Waals surface area contributed by atoms with Gasteiger partial charge in [0.15, 0.2) is 0 Å². The quantitative estimate of drug-likeness (QED) is 0.522. The van der Waals surface area contributed by atoms with Crippen LogP contribution in [-0.2, 0) is 10.0 Å². The Balaban J connectivity index is 0.000000821. The van der Waals surface area contributed by atoms with Gasteiger partial charge in [0.2, 0.25) is 10.0 Å². The molecule has 8 heteroatoms. The van der Waals surface area contributed by atoms with E-state index in [1.165, 1.54) is 42.4 Å². The Hall–Kier alpha value is -1.15. The molecule has 0 aliphatic carbocycles. The molecule has 1 aromatic carbocycles. The molecule has 0 atom stereocenters. The minimum atomic E-state index is -3.77. The maximum absolute atomic E-state index is 12.6. The zero-order chi connectivity index (χ0) is 20.9. The second-order valence-electron chi connectivity index (χ2n) is 6.10. The molecular formula is C19H33ClN2O4S. The lowest BCUT2D eigenvalue weighted by Crippen LogP contribution is -2.32. The van der Waals surface area contributed by atoms with Crippen molar-refractivity contribution in [2.24, 2.45) is 0 Å². The molecule has 0 aromatic heterocycles. The smallest absolute Gasteiger partial charge is 0.335 e. The normalized spacial score (nSPS) is 11.2. The Kier molecular flexibility index (Phi) is 13.3. The Morgan fingerprint density at radius 3 is 1.96 bits per heavy atom. The van der Waals surface area contributed by atoms with Crippen LogP contribution in [0.4, 0.5) is 0 Å². The van der Waals surface area contributed by atoms with Gasteiger partial charge in [-0.25, -0.2) is 13.2 Å². The summed E-state index contributed by atoms with van der Waals surface area (Å²) in [6.07, 6.45) is 3.85. The first-order valence-corrected chi connectivity index (χ1v) is 11.3. The molecule has 0 fully saturated rings. The molecule has 0 saturated carbocycles. The van der Waals surface area contributed by atoms with Crippen molar-refractivity contribution in [2.75, 3.05) is 26.2 Å². The first-order chi connectivity index (χ1) is 12.8. The molecule has 2 N–H and O–H groups in total. The van der Waals surface area contributed by atoms with E-state index in [2.05, 4.69) is 19.2 Å². The molecule has 27 heavy (non-hydrogen) atoms. The predicted molar refractivity (Wildman–Crippen MR) is 111 cm³/mol. The number of carbonyl (C=O) groups is 1. The highest BCUT2D eigenvalue weighted by Gasteiger charge is 2.26. The van der Waals surface area contributed by atoms with Crippen LogP contribution in [0.25, 0.3) is 0 Å². The topological polar surface area (TPSA) is 86.7 Å². The number of benzene rings is 1. The van der Waals surface area contributed by atoms with Crippen LogP contribution < -0.4 is 5.32 Å². The first kappa shape index (κ1) is 25.9. The SMILES string of the molecule is CCCN(CCC)S(=O)(=O)c1cc(C(=O)O)ccc1Cl.CCCNCCC. The molecule has 0 aliphatic rings. The highest BCUT2D eigenvalue weighted by molar-refractivity contribution is 7.89. The number of nitrogens with one attached hydrogen (secondary N) is 1. The zero-order valence-corrected chi connectivity index (χ0v) is 18.4. The standard InChI is InChI=1S/C13H18ClNO4S.C6H15N/c1-3-7-15(8-4-2)20(18,19)12-9-10(13(16)17)5-6-11(12)14;1-3-5-7-6-4-2/h5-6,9H,3-4,7-8H2,1-2H3,(H,16,17);7H,3-6H2,1-2H3. The minimum absolute atomic E-state index is 0.0345. The number of halogens is 1. The molecule has 0 aliphatic heterocycles. The summed E-state index contributed by atoms with van der Waals surface area (Å²) < 4.78 is 26.4. The van der Waals surface area contributed by atoms with Crippen LogP contribution in [-0.4, -0.2) is 50.0 Å². The highest BCUT2D eigenvalue weighted by Crippen LogP contribution is 2.26. The van der Waals surface area contributed by atoms with Crippen molar-refractivity contribution < 1.29 is 18.3 Å². The van der Waals surface area contributed by atoms with Crippen LogP contribution in [0.1, 0.15) is 63.7 Å². The van der Waals surface area contributed by atoms with Gasteiger partial charge in [0.25, 0.3) is 0 Å². The van der Waals surface area contributed by atoms with E-state index in [9.17, 15) is 13.2 Å². The van der Waals surface area contributed by atoms with Crippen molar-refractivity contribution in [1.29, 1.82) is 0 Å². The van der Waals surface area contributed by atoms with Gasteiger partial charge < -0.3 is 10.4 Å². The molecule has 0 radical (unpaired) electrons. The number of rotatable bonds is 11. The third-order valence-electron chi connectivity index (χ3n) is 3.60. The second kappa shape index (κ2) is 13.9. The van der Waals surface area contributed by atoms with Crippen LogP contribution in [0.2, 0.25) is 5.02 Å². The molecule has 0 unspecified atom stereocenters. The van der Waals surface area contributed by atoms with Crippen molar-refractivity contribution >= 4 is 27.6 Å². The fraction of sp³-hybridized carbons (Fsp3) is 0.632. The average molecular weight is 421 g/mol. The number of sulfonamides is 1. The van der Waals surface area contributed by atoms with Crippen molar-refractivity contribution in [3.05, 3.63) is 28.8 Å². The van der Waals surface area contributed by atoms with Gasteiger partial charge in [-0.05, 0) is 57.0 Å². The summed E-state index contributed by atoms with van der Waals surface area (Å²) in [6, 6.07) is 3.69. The lowest BCUT2D eigenvalue weighted by atomic mass is 10.2. The molecule has 6 nitrogen and oxygen atoms in total. The average Bonchev–Trinajstić information content (AvgIpc) is 2.62. The Bertz CT molecular complexity index is 656. The largest absolute Gasteiger partial charge is 0.478 e. The van der Waals surface area contributed by atoms with E-state index < -0.39 is 16.0 Å². The molecule has 0 spiro atoms. The second-order valence-corrected chi connectivity index (χ2v) is 8.42. The van der Waals surface area contributed by atoms with Crippen molar-refractivity contribution in [3.8, 4) is 0 Å². The van der Waals surface area contributed by atoms with Crippen molar-refractivity contribution in [3.63, 3.8) is 0 Å². The van der Waals surface area contributed by atoms with E-state index in [0.29, 0.717) is 25.9 Å². The monoisotopic (exact) mass is 420 g/mol. The maximum Gasteiger partial charge on any atom is 0.335 e. The summed E-state index contributed by atoms with van der Waals surface area (Å²) in [5.74, 6) is -1.18. The van der Waals surface area contributed by atoms with Gasteiger partial charge in [0, 0.05) is 13.1 Å². The summed E-state index contributed by atoms with van der Waals surface area (Å²) in [4.78, 5) is 10.8. The van der Waals surface area contributed by atoms with Crippen LogP contribution >= 0.6 is 11.6 Å². The number of carboxylic acids is 1. The van der Waals surface area contributed by atoms with Gasteiger partial charge >= 0.3 is 5.97 Å². The van der Waals surface area contributed by atoms with Gasteiger partial charge in [-0.15, -0.1) is 0 Å². The van der Waals surface area contributed by atoms with Gasteiger partial charge in [0.05, 0.1) is 10.6 Å². The number of carboxylic acid groups (broad SMARTS) is 1. The van der Waals surface area contributed by atoms with Gasteiger partial charge in [-0.3, -0.25) is 0 Å². The van der Waals surface area contributed by atoms with E-state index in [-0.39, 0.29) is 15.5 Å². The maximum atomic E-state index is 12.6. The first-order valence-electron chi connectivity index (χ1n) is 9.49. The summed E-state index contributed by atoms with van der Waals surface area (Å²) >= 11 is 5.93. The Morgan fingerprint density at radius 2 is 1.56 bits per heavy atom. The molecule has 1 aromatic rings. The van der Waals surface area contributed by atoms with E-state index in [1.54, 1.807) is 0 Å². The fourth-order valence-electron chi connectivity index (χ4n) is 2.30. The minimum Gasteiger partial charge on any atom is -0.478 e. The third-order valence-corrected chi connectivity index (χ3v) is 5.98. The Labute approximate surface area is 169 Å². The molecule has 0 amide bonds. The Morgan fingerprint density at radius 1 is 1.04 bits per heavy atom. The highest BCUT2D eigenvalue weighted by atomic mass is 35.5. The summed E-state index contributed by atoms with van der Waals surface area (Å²) in [6.45, 7) is 11.2. The van der Waals surface area contributed by atoms with Crippen LogP contribution in [0.5, 0.6) is 0 Å². The summed E-state index contributed by atoms with van der Waals surface area (Å²) in [5, 5.41) is 12.3. The summed E-state index contributed by atoms with van der Waals surface area (Å²) in [7, 11) is -3.77. The number of hydrogen-bond donors (Lipinski definition) is 2. The molecular weight excluding hydrogens is 388 g/mol. The van der Waals surface area contributed by atoms with Gasteiger partial charge in [0.1, 0.15) is 4.90 Å².